The molecule has 30 heavy (non-hydrogen) atoms. The average Bonchev–Trinajstić information content (AvgIpc) is 3.25. The van der Waals surface area contributed by atoms with Gasteiger partial charge in [-0.05, 0) is 37.1 Å². The summed E-state index contributed by atoms with van der Waals surface area (Å²) in [6.07, 6.45) is 4.80. The molecule has 2 aromatic rings. The lowest BCUT2D eigenvalue weighted by Gasteiger charge is -2.31. The van der Waals surface area contributed by atoms with E-state index in [2.05, 4.69) is 25.9 Å². The van der Waals surface area contributed by atoms with Crippen molar-refractivity contribution in [2.24, 2.45) is 0 Å². The zero-order valence-electron chi connectivity index (χ0n) is 16.4. The Morgan fingerprint density at radius 2 is 1.93 bits per heavy atom. The van der Waals surface area contributed by atoms with Crippen LogP contribution in [0.2, 0.25) is 0 Å². The zero-order valence-corrected chi connectivity index (χ0v) is 16.4. The van der Waals surface area contributed by atoms with E-state index in [-0.39, 0.29) is 29.4 Å². The second-order valence-corrected chi connectivity index (χ2v) is 7.44. The molecule has 0 unspecified atom stereocenters. The lowest BCUT2D eigenvalue weighted by molar-refractivity contribution is -0.138. The predicted molar refractivity (Wildman–Crippen MR) is 108 cm³/mol. The number of fused-ring (bicyclic) bond motifs is 1. The number of amides is 2. The molecule has 2 amide bonds. The molecular formula is C20H22F2N6O2. The van der Waals surface area contributed by atoms with E-state index >= 15 is 0 Å². The van der Waals surface area contributed by atoms with Crippen LogP contribution in [0.1, 0.15) is 36.0 Å². The first kappa shape index (κ1) is 20.0. The van der Waals surface area contributed by atoms with Gasteiger partial charge in [-0.2, -0.15) is 13.8 Å². The first-order valence-electron chi connectivity index (χ1n) is 9.79. The van der Waals surface area contributed by atoms with Crippen molar-refractivity contribution in [3.05, 3.63) is 36.0 Å². The summed E-state index contributed by atoms with van der Waals surface area (Å²) in [6, 6.07) is 6.60. The summed E-state index contributed by atoms with van der Waals surface area (Å²) < 4.78 is 28.7. The number of alkyl halides is 2. The first-order valence-corrected chi connectivity index (χ1v) is 9.79. The number of halogens is 2. The molecule has 8 nitrogen and oxygen atoms in total. The van der Waals surface area contributed by atoms with Gasteiger partial charge in [0.25, 0.3) is 11.8 Å². The molecule has 0 spiro atoms. The summed E-state index contributed by atoms with van der Waals surface area (Å²) in [5.41, 5.74) is 1.31. The first-order chi connectivity index (χ1) is 14.4. The van der Waals surface area contributed by atoms with Gasteiger partial charge in [-0.15, -0.1) is 0 Å². The number of hydrogen-bond acceptors (Lipinski definition) is 6. The topological polar surface area (TPSA) is 99.2 Å². The molecule has 1 fully saturated rings. The van der Waals surface area contributed by atoms with Crippen molar-refractivity contribution in [3.63, 3.8) is 0 Å². The monoisotopic (exact) mass is 416 g/mol. The molecule has 2 heterocycles. The summed E-state index contributed by atoms with van der Waals surface area (Å²) in [5, 5.41) is 7.82. The van der Waals surface area contributed by atoms with Crippen molar-refractivity contribution >= 4 is 35.0 Å². The Balaban J connectivity index is 1.63. The van der Waals surface area contributed by atoms with E-state index in [9.17, 15) is 18.4 Å². The minimum absolute atomic E-state index is 0.100. The number of aromatic nitrogens is 2. The van der Waals surface area contributed by atoms with Gasteiger partial charge >= 0.3 is 5.92 Å². The van der Waals surface area contributed by atoms with Gasteiger partial charge in [0.15, 0.2) is 5.82 Å². The minimum Gasteiger partial charge on any atom is -0.355 e. The van der Waals surface area contributed by atoms with Crippen LogP contribution in [0.15, 0.2) is 30.5 Å². The highest BCUT2D eigenvalue weighted by molar-refractivity contribution is 6.00. The van der Waals surface area contributed by atoms with E-state index in [0.717, 1.165) is 25.7 Å². The minimum atomic E-state index is -3.52. The van der Waals surface area contributed by atoms with Crippen LogP contribution in [-0.2, 0) is 4.79 Å². The highest BCUT2D eigenvalue weighted by Crippen LogP contribution is 2.37. The molecule has 158 valence electrons. The molecule has 0 bridgehead atoms. The number of carbonyl (C=O) groups is 2. The molecule has 1 aromatic heterocycles. The normalized spacial score (nSPS) is 18.4. The summed E-state index contributed by atoms with van der Waals surface area (Å²) in [6.45, 7) is -0.715. The molecular weight excluding hydrogens is 394 g/mol. The largest absolute Gasteiger partial charge is 0.355 e. The van der Waals surface area contributed by atoms with Crippen LogP contribution in [0.3, 0.4) is 0 Å². The second-order valence-electron chi connectivity index (χ2n) is 7.44. The molecule has 1 aliphatic heterocycles. The number of nitrogens with zero attached hydrogens (tertiary/aromatic N) is 3. The molecule has 4 rings (SSSR count). The smallest absolute Gasteiger partial charge is 0.341 e. The number of rotatable bonds is 4. The molecule has 0 saturated heterocycles. The zero-order chi connectivity index (χ0) is 21.3. The van der Waals surface area contributed by atoms with Gasteiger partial charge in [-0.1, -0.05) is 12.8 Å². The number of carbonyl (C=O) groups excluding carboxylic acids is 2. The lowest BCUT2D eigenvalue weighted by Crippen LogP contribution is -2.46. The Morgan fingerprint density at radius 3 is 2.60 bits per heavy atom. The molecule has 0 radical (unpaired) electrons. The van der Waals surface area contributed by atoms with Crippen molar-refractivity contribution in [1.29, 1.82) is 0 Å². The fraction of sp³-hybridized carbons (Fsp3) is 0.400. The second kappa shape index (κ2) is 7.85. The van der Waals surface area contributed by atoms with E-state index in [4.69, 9.17) is 0 Å². The molecule has 10 heteroatoms. The van der Waals surface area contributed by atoms with Crippen molar-refractivity contribution in [3.8, 4) is 0 Å². The number of anilines is 4. The fourth-order valence-electron chi connectivity index (χ4n) is 3.81. The molecule has 1 saturated carbocycles. The standard InChI is InChI=1S/C20H22F2N6O2/c1-23-17(29)12-6-8-13(9-7-12)25-19-24-10-15-16(27-19)28(14-4-2-3-5-14)11-20(21,22)18(30)26-15/h6-10,14H,2-5,11H2,1H3,(H,23,29)(H,26,30)(H,24,25,27). The van der Waals surface area contributed by atoms with E-state index in [1.807, 2.05) is 0 Å². The quantitative estimate of drug-likeness (QED) is 0.709. The van der Waals surface area contributed by atoms with Gasteiger partial charge in [0.2, 0.25) is 5.95 Å². The lowest BCUT2D eigenvalue weighted by atomic mass is 10.2. The Kier molecular flexibility index (Phi) is 5.23. The molecule has 1 aliphatic carbocycles. The van der Waals surface area contributed by atoms with Crippen molar-refractivity contribution in [2.75, 3.05) is 29.1 Å². The van der Waals surface area contributed by atoms with Gasteiger partial charge < -0.3 is 20.9 Å². The van der Waals surface area contributed by atoms with Crippen molar-refractivity contribution in [2.45, 2.75) is 37.6 Å². The maximum absolute atomic E-state index is 14.4. The number of benzene rings is 1. The van der Waals surface area contributed by atoms with Crippen LogP contribution in [0.5, 0.6) is 0 Å². The fourth-order valence-corrected chi connectivity index (χ4v) is 3.81. The highest BCUT2D eigenvalue weighted by Gasteiger charge is 2.46. The van der Waals surface area contributed by atoms with Gasteiger partial charge in [0.05, 0.1) is 12.7 Å². The van der Waals surface area contributed by atoms with Gasteiger partial charge in [0, 0.05) is 24.3 Å². The van der Waals surface area contributed by atoms with Crippen molar-refractivity contribution < 1.29 is 18.4 Å². The molecule has 1 aromatic carbocycles. The Morgan fingerprint density at radius 1 is 1.23 bits per heavy atom. The van der Waals surface area contributed by atoms with Crippen LogP contribution in [0.25, 0.3) is 0 Å². The maximum Gasteiger partial charge on any atom is 0.341 e. The Labute approximate surface area is 172 Å². The van der Waals surface area contributed by atoms with Crippen LogP contribution >= 0.6 is 0 Å². The maximum atomic E-state index is 14.4. The third-order valence-corrected chi connectivity index (χ3v) is 5.39. The third kappa shape index (κ3) is 3.89. The van der Waals surface area contributed by atoms with Crippen molar-refractivity contribution in [1.82, 2.24) is 15.3 Å². The van der Waals surface area contributed by atoms with E-state index in [1.165, 1.54) is 11.1 Å². The van der Waals surface area contributed by atoms with Crippen LogP contribution in [0, 0.1) is 0 Å². The van der Waals surface area contributed by atoms with E-state index in [1.54, 1.807) is 31.3 Å². The van der Waals surface area contributed by atoms with E-state index < -0.39 is 18.4 Å². The van der Waals surface area contributed by atoms with Gasteiger partial charge in [-0.3, -0.25) is 9.59 Å². The molecule has 3 N–H and O–H groups in total. The van der Waals surface area contributed by atoms with Gasteiger partial charge in [-0.25, -0.2) is 4.98 Å². The average molecular weight is 416 g/mol. The SMILES string of the molecule is CNC(=O)c1ccc(Nc2ncc3c(n2)N(C2CCCC2)CC(F)(F)C(=O)N3)cc1. The highest BCUT2D eigenvalue weighted by atomic mass is 19.3. The summed E-state index contributed by atoms with van der Waals surface area (Å²) >= 11 is 0. The van der Waals surface area contributed by atoms with Crippen LogP contribution < -0.4 is 20.9 Å². The predicted octanol–water partition coefficient (Wildman–Crippen LogP) is 2.92. The van der Waals surface area contributed by atoms with Crippen LogP contribution in [-0.4, -0.2) is 47.3 Å². The number of nitrogens with one attached hydrogen (secondary N) is 3. The summed E-state index contributed by atoms with van der Waals surface area (Å²) in [4.78, 5) is 33.7. The van der Waals surface area contributed by atoms with Crippen LogP contribution in [0.4, 0.5) is 31.9 Å². The molecule has 0 atom stereocenters. The van der Waals surface area contributed by atoms with E-state index in [0.29, 0.717) is 11.3 Å². The summed E-state index contributed by atoms with van der Waals surface area (Å²) in [7, 11) is 1.55. The Bertz CT molecular complexity index is 960. The molecule has 2 aliphatic rings. The number of hydrogen-bond donors (Lipinski definition) is 3. The third-order valence-electron chi connectivity index (χ3n) is 5.39. The Hall–Kier alpha value is -3.30. The summed E-state index contributed by atoms with van der Waals surface area (Å²) in [5.74, 6) is -4.58. The van der Waals surface area contributed by atoms with Gasteiger partial charge in [0.1, 0.15) is 5.69 Å².